The van der Waals surface area contributed by atoms with Crippen LogP contribution in [0.5, 0.6) is 11.5 Å². The van der Waals surface area contributed by atoms with Crippen LogP contribution in [0.2, 0.25) is 5.02 Å². The van der Waals surface area contributed by atoms with Crippen LogP contribution in [0, 0.1) is 5.82 Å². The lowest BCUT2D eigenvalue weighted by molar-refractivity contribution is -0.0182. The minimum atomic E-state index is -0.430. The summed E-state index contributed by atoms with van der Waals surface area (Å²) in [5, 5.41) is 4.80. The topological polar surface area (TPSA) is 78.1 Å². The number of fused-ring (bicyclic) bond motifs is 2. The molecule has 2 heterocycles. The summed E-state index contributed by atoms with van der Waals surface area (Å²) in [6, 6.07) is 7.85. The molecule has 0 saturated carbocycles. The Bertz CT molecular complexity index is 954. The highest BCUT2D eigenvalue weighted by atomic mass is 35.5. The van der Waals surface area contributed by atoms with Crippen LogP contribution in [0.1, 0.15) is 29.2 Å². The molecule has 27 heavy (non-hydrogen) atoms. The van der Waals surface area contributed by atoms with E-state index >= 15 is 0 Å². The van der Waals surface area contributed by atoms with Crippen molar-refractivity contribution in [2.45, 2.75) is 19.1 Å². The molecule has 2 aromatic rings. The molecule has 0 unspecified atom stereocenters. The Kier molecular flexibility index (Phi) is 4.86. The van der Waals surface area contributed by atoms with Gasteiger partial charge in [0.2, 0.25) is 0 Å². The largest absolute Gasteiger partial charge is 0.484 e. The van der Waals surface area contributed by atoms with Crippen molar-refractivity contribution in [3.8, 4) is 11.5 Å². The van der Waals surface area contributed by atoms with E-state index in [4.69, 9.17) is 43.8 Å². The summed E-state index contributed by atoms with van der Waals surface area (Å²) in [5.41, 5.74) is 10.8. The molecular weight excluding hydrogens is 393 g/mol. The maximum atomic E-state index is 13.7. The van der Waals surface area contributed by atoms with E-state index in [1.165, 1.54) is 12.1 Å². The molecule has 4 rings (SSSR count). The summed E-state index contributed by atoms with van der Waals surface area (Å²) < 4.78 is 30.9. The first-order valence-electron chi connectivity index (χ1n) is 8.12. The Morgan fingerprint density at radius 2 is 2.19 bits per heavy atom. The number of halogens is 2. The number of hydrogen-bond acceptors (Lipinski definition) is 5. The molecule has 2 aliphatic rings. The maximum absolute atomic E-state index is 13.7. The van der Waals surface area contributed by atoms with Gasteiger partial charge in [0, 0.05) is 28.1 Å². The molecule has 0 fully saturated rings. The van der Waals surface area contributed by atoms with Crippen LogP contribution < -0.4 is 20.6 Å². The molecule has 2 aliphatic heterocycles. The van der Waals surface area contributed by atoms with E-state index in [0.717, 1.165) is 11.1 Å². The van der Waals surface area contributed by atoms with Gasteiger partial charge in [-0.3, -0.25) is 5.43 Å². The van der Waals surface area contributed by atoms with E-state index in [1.807, 2.05) is 0 Å². The van der Waals surface area contributed by atoms with Gasteiger partial charge in [0.05, 0.1) is 12.3 Å². The number of nitrogens with zero attached hydrogens (tertiary/aromatic N) is 1. The Hall–Kier alpha value is -2.42. The summed E-state index contributed by atoms with van der Waals surface area (Å²) in [6.07, 6.45) is -0.0799. The van der Waals surface area contributed by atoms with Crippen LogP contribution in [0.25, 0.3) is 0 Å². The van der Waals surface area contributed by atoms with E-state index in [9.17, 15) is 4.39 Å². The van der Waals surface area contributed by atoms with Gasteiger partial charge in [0.1, 0.15) is 23.4 Å². The van der Waals surface area contributed by atoms with Crippen LogP contribution >= 0.6 is 23.8 Å². The van der Waals surface area contributed by atoms with E-state index in [2.05, 4.69) is 10.5 Å². The zero-order valence-corrected chi connectivity index (χ0v) is 15.6. The van der Waals surface area contributed by atoms with Crippen molar-refractivity contribution in [3.05, 3.63) is 57.9 Å². The summed E-state index contributed by atoms with van der Waals surface area (Å²) >= 11 is 11.1. The molecule has 0 bridgehead atoms. The van der Waals surface area contributed by atoms with Crippen LogP contribution in [-0.4, -0.2) is 17.6 Å². The number of benzene rings is 2. The monoisotopic (exact) mass is 407 g/mol. The number of nitrogens with one attached hydrogen (secondary N) is 1. The average Bonchev–Trinajstić information content (AvgIpc) is 2.65. The molecular formula is C18H15ClFN3O3S. The zero-order valence-electron chi connectivity index (χ0n) is 14.0. The fourth-order valence-electron chi connectivity index (χ4n) is 3.16. The average molecular weight is 408 g/mol. The first-order valence-corrected chi connectivity index (χ1v) is 8.91. The fraction of sp³-hybridized carbons (Fsp3) is 0.222. The van der Waals surface area contributed by atoms with E-state index < -0.39 is 6.10 Å². The fourth-order valence-corrected chi connectivity index (χ4v) is 3.46. The van der Waals surface area contributed by atoms with Crippen molar-refractivity contribution >= 4 is 34.6 Å². The second-order valence-electron chi connectivity index (χ2n) is 6.08. The molecule has 0 amide bonds. The van der Waals surface area contributed by atoms with Gasteiger partial charge in [0.15, 0.2) is 11.9 Å². The van der Waals surface area contributed by atoms with Crippen molar-refractivity contribution in [3.63, 3.8) is 0 Å². The lowest BCUT2D eigenvalue weighted by atomic mass is 9.93. The van der Waals surface area contributed by atoms with Crippen LogP contribution in [0.4, 0.5) is 4.39 Å². The Morgan fingerprint density at radius 3 is 3.00 bits per heavy atom. The Balaban J connectivity index is 1.78. The van der Waals surface area contributed by atoms with E-state index in [0.29, 0.717) is 40.8 Å². The molecule has 140 valence electrons. The molecule has 0 saturated heterocycles. The molecule has 0 aromatic heterocycles. The highest BCUT2D eigenvalue weighted by Gasteiger charge is 2.31. The first kappa shape index (κ1) is 18.0. The van der Waals surface area contributed by atoms with Crippen molar-refractivity contribution in [2.75, 3.05) is 6.79 Å². The lowest BCUT2D eigenvalue weighted by Crippen LogP contribution is -2.29. The number of rotatable bonds is 2. The van der Waals surface area contributed by atoms with Crippen LogP contribution in [-0.2, 0) is 11.3 Å². The van der Waals surface area contributed by atoms with Gasteiger partial charge < -0.3 is 19.9 Å². The molecule has 1 atom stereocenters. The molecule has 0 spiro atoms. The van der Waals surface area contributed by atoms with Gasteiger partial charge in [-0.2, -0.15) is 5.10 Å². The predicted octanol–water partition coefficient (Wildman–Crippen LogP) is 3.41. The number of ether oxygens (including phenoxy) is 3. The summed E-state index contributed by atoms with van der Waals surface area (Å²) in [7, 11) is 0. The molecule has 6 nitrogen and oxygen atoms in total. The first-order chi connectivity index (χ1) is 13.0. The normalized spacial score (nSPS) is 19.5. The van der Waals surface area contributed by atoms with Crippen molar-refractivity contribution in [1.82, 2.24) is 5.43 Å². The quantitative estimate of drug-likeness (QED) is 0.586. The van der Waals surface area contributed by atoms with E-state index in [1.54, 1.807) is 18.2 Å². The van der Waals surface area contributed by atoms with Crippen molar-refractivity contribution in [1.29, 1.82) is 0 Å². The van der Waals surface area contributed by atoms with E-state index in [-0.39, 0.29) is 17.7 Å². The third-order valence-electron chi connectivity index (χ3n) is 4.25. The smallest absolute Gasteiger partial charge is 0.189 e. The zero-order chi connectivity index (χ0) is 19.0. The third-order valence-corrected chi connectivity index (χ3v) is 4.56. The standard InChI is InChI=1S/C18H15ClFN3O3S/c19-10-3-9-7-24-8-25-17(9)13(4-10)16-6-14(22-23-18(21)27)12-5-11(20)1-2-15(12)26-16/h1-5,16H,6-8H2,(H3,21,23,27)/b22-14-/t16-/m1/s1. The Morgan fingerprint density at radius 1 is 1.33 bits per heavy atom. The third kappa shape index (κ3) is 3.69. The minimum Gasteiger partial charge on any atom is -0.484 e. The van der Waals surface area contributed by atoms with Gasteiger partial charge in [-0.1, -0.05) is 11.6 Å². The van der Waals surface area contributed by atoms with Crippen molar-refractivity contribution in [2.24, 2.45) is 10.8 Å². The number of hydrogen-bond donors (Lipinski definition) is 2. The lowest BCUT2D eigenvalue weighted by Gasteiger charge is -2.30. The summed E-state index contributed by atoms with van der Waals surface area (Å²) in [5.74, 6) is 0.791. The molecule has 0 aliphatic carbocycles. The highest BCUT2D eigenvalue weighted by molar-refractivity contribution is 7.80. The second kappa shape index (κ2) is 7.30. The SMILES string of the molecule is NC(=S)N/N=C1/C[C@H](c2cc(Cl)cc3c2OCOC3)Oc2ccc(F)cc21. The molecule has 2 aromatic carbocycles. The van der Waals surface area contributed by atoms with Gasteiger partial charge in [-0.15, -0.1) is 0 Å². The van der Waals surface area contributed by atoms with Crippen molar-refractivity contribution < 1.29 is 18.6 Å². The van der Waals surface area contributed by atoms with Gasteiger partial charge >= 0.3 is 0 Å². The Labute approximate surface area is 165 Å². The number of hydrazone groups is 1. The van der Waals surface area contributed by atoms with Gasteiger partial charge in [-0.25, -0.2) is 4.39 Å². The maximum Gasteiger partial charge on any atom is 0.189 e. The number of nitrogens with two attached hydrogens (primary N) is 1. The summed E-state index contributed by atoms with van der Waals surface area (Å²) in [6.45, 7) is 0.557. The molecule has 9 heteroatoms. The minimum absolute atomic E-state index is 0.0177. The van der Waals surface area contributed by atoms with Crippen LogP contribution in [0.15, 0.2) is 35.4 Å². The van der Waals surface area contributed by atoms with Gasteiger partial charge in [-0.05, 0) is 42.5 Å². The molecule has 3 N–H and O–H groups in total. The van der Waals surface area contributed by atoms with Crippen LogP contribution in [0.3, 0.4) is 0 Å². The number of thiocarbonyl (C=S) groups is 1. The van der Waals surface area contributed by atoms with Gasteiger partial charge in [0.25, 0.3) is 0 Å². The summed E-state index contributed by atoms with van der Waals surface area (Å²) in [4.78, 5) is 0. The second-order valence-corrected chi connectivity index (χ2v) is 6.96. The predicted molar refractivity (Wildman–Crippen MR) is 103 cm³/mol. The molecule has 0 radical (unpaired) electrons. The highest BCUT2D eigenvalue weighted by Crippen LogP contribution is 2.42.